The van der Waals surface area contributed by atoms with Crippen molar-refractivity contribution >= 4 is 5.97 Å². The second-order valence-corrected chi connectivity index (χ2v) is 4.24. The average Bonchev–Trinajstić information content (AvgIpc) is 2.88. The summed E-state index contributed by atoms with van der Waals surface area (Å²) in [7, 11) is 0. The number of nitrogens with zero attached hydrogens (tertiary/aromatic N) is 1. The van der Waals surface area contributed by atoms with Crippen LogP contribution in [0.4, 0.5) is 0 Å². The molecular weight excluding hydrogens is 194 g/mol. The Labute approximate surface area is 87.2 Å². The molecule has 0 atom stereocenters. The van der Waals surface area contributed by atoms with Crippen molar-refractivity contribution in [2.45, 2.75) is 25.8 Å². The molecule has 0 bridgehead atoms. The summed E-state index contributed by atoms with van der Waals surface area (Å²) in [5.74, 6) is -0.781. The van der Waals surface area contributed by atoms with Crippen LogP contribution in [0.5, 0.6) is 0 Å². The molecule has 1 aliphatic carbocycles. The van der Waals surface area contributed by atoms with Crippen LogP contribution in [-0.2, 0) is 11.3 Å². The molecule has 0 saturated heterocycles. The first-order valence-electron chi connectivity index (χ1n) is 4.99. The lowest BCUT2D eigenvalue weighted by atomic mass is 10.0. The number of rotatable bonds is 4. The second-order valence-electron chi connectivity index (χ2n) is 4.24. The molecule has 0 aromatic carbocycles. The minimum absolute atomic E-state index is 0.0610. The van der Waals surface area contributed by atoms with Crippen LogP contribution in [0, 0.1) is 5.41 Å². The van der Waals surface area contributed by atoms with Crippen molar-refractivity contribution in [3.05, 3.63) is 34.7 Å². The van der Waals surface area contributed by atoms with Crippen molar-refractivity contribution in [2.24, 2.45) is 5.41 Å². The SMILES string of the molecule is O=C(O)CC1(Cn2ccccc2=O)CC1. The van der Waals surface area contributed by atoms with E-state index in [0.717, 1.165) is 12.8 Å². The van der Waals surface area contributed by atoms with Gasteiger partial charge in [0.25, 0.3) is 5.56 Å². The highest BCUT2D eigenvalue weighted by molar-refractivity contribution is 5.68. The predicted octanol–water partition coefficient (Wildman–Crippen LogP) is 1.10. The fourth-order valence-corrected chi connectivity index (χ4v) is 1.84. The number of pyridine rings is 1. The van der Waals surface area contributed by atoms with Gasteiger partial charge in [-0.05, 0) is 24.3 Å². The highest BCUT2D eigenvalue weighted by Crippen LogP contribution is 2.49. The Morgan fingerprint density at radius 3 is 2.73 bits per heavy atom. The number of carboxylic acid groups (broad SMARTS) is 1. The van der Waals surface area contributed by atoms with E-state index in [1.54, 1.807) is 22.9 Å². The first-order chi connectivity index (χ1) is 7.11. The number of hydrogen-bond acceptors (Lipinski definition) is 2. The van der Waals surface area contributed by atoms with Gasteiger partial charge in [-0.15, -0.1) is 0 Å². The van der Waals surface area contributed by atoms with Crippen LogP contribution in [-0.4, -0.2) is 15.6 Å². The van der Waals surface area contributed by atoms with Gasteiger partial charge >= 0.3 is 5.97 Å². The monoisotopic (exact) mass is 207 g/mol. The summed E-state index contributed by atoms with van der Waals surface area (Å²) >= 11 is 0. The number of carboxylic acids is 1. The summed E-state index contributed by atoms with van der Waals surface area (Å²) in [6.07, 6.45) is 3.68. The average molecular weight is 207 g/mol. The van der Waals surface area contributed by atoms with Crippen LogP contribution in [0.2, 0.25) is 0 Å². The number of carbonyl (C=O) groups is 1. The van der Waals surface area contributed by atoms with E-state index in [2.05, 4.69) is 0 Å². The Morgan fingerprint density at radius 2 is 2.20 bits per heavy atom. The molecule has 1 saturated carbocycles. The molecule has 2 rings (SSSR count). The van der Waals surface area contributed by atoms with Crippen LogP contribution in [0.25, 0.3) is 0 Å². The summed E-state index contributed by atoms with van der Waals surface area (Å²) in [4.78, 5) is 22.1. The molecule has 1 fully saturated rings. The quantitative estimate of drug-likeness (QED) is 0.804. The smallest absolute Gasteiger partial charge is 0.303 e. The second kappa shape index (κ2) is 3.53. The molecule has 1 aromatic heterocycles. The fourth-order valence-electron chi connectivity index (χ4n) is 1.84. The molecule has 1 aromatic rings. The number of aliphatic carboxylic acids is 1. The zero-order valence-electron chi connectivity index (χ0n) is 8.35. The van der Waals surface area contributed by atoms with Gasteiger partial charge in [0, 0.05) is 18.8 Å². The zero-order valence-corrected chi connectivity index (χ0v) is 8.35. The topological polar surface area (TPSA) is 59.3 Å². The maximum atomic E-state index is 11.4. The van der Waals surface area contributed by atoms with Crippen LogP contribution in [0.3, 0.4) is 0 Å². The normalized spacial score (nSPS) is 17.3. The van der Waals surface area contributed by atoms with Gasteiger partial charge < -0.3 is 9.67 Å². The van der Waals surface area contributed by atoms with E-state index in [1.165, 1.54) is 6.07 Å². The van der Waals surface area contributed by atoms with E-state index in [0.29, 0.717) is 6.54 Å². The van der Waals surface area contributed by atoms with Crippen LogP contribution >= 0.6 is 0 Å². The Hall–Kier alpha value is -1.58. The molecule has 1 N–H and O–H groups in total. The number of aromatic nitrogens is 1. The van der Waals surface area contributed by atoms with Gasteiger partial charge in [0.15, 0.2) is 0 Å². The lowest BCUT2D eigenvalue weighted by molar-refractivity contribution is -0.138. The molecule has 4 nitrogen and oxygen atoms in total. The zero-order chi connectivity index (χ0) is 10.9. The van der Waals surface area contributed by atoms with Gasteiger partial charge in [-0.25, -0.2) is 0 Å². The molecule has 80 valence electrons. The summed E-state index contributed by atoms with van der Waals surface area (Å²) < 4.78 is 1.59. The third kappa shape index (κ3) is 2.26. The highest BCUT2D eigenvalue weighted by Gasteiger charge is 2.44. The fraction of sp³-hybridized carbons (Fsp3) is 0.455. The molecule has 0 radical (unpaired) electrons. The molecule has 15 heavy (non-hydrogen) atoms. The molecule has 1 aliphatic rings. The van der Waals surface area contributed by atoms with Gasteiger partial charge in [0.05, 0.1) is 6.42 Å². The summed E-state index contributed by atoms with van der Waals surface area (Å²) in [5.41, 5.74) is -0.231. The predicted molar refractivity (Wildman–Crippen MR) is 54.6 cm³/mol. The Morgan fingerprint density at radius 1 is 1.47 bits per heavy atom. The van der Waals surface area contributed by atoms with Gasteiger partial charge in [-0.2, -0.15) is 0 Å². The van der Waals surface area contributed by atoms with E-state index in [-0.39, 0.29) is 17.4 Å². The largest absolute Gasteiger partial charge is 0.481 e. The van der Waals surface area contributed by atoms with Gasteiger partial charge in [-0.1, -0.05) is 6.07 Å². The molecular formula is C11H13NO3. The van der Waals surface area contributed by atoms with Gasteiger partial charge in [0.2, 0.25) is 0 Å². The van der Waals surface area contributed by atoms with Crippen LogP contribution < -0.4 is 5.56 Å². The Bertz CT molecular complexity index is 431. The minimum atomic E-state index is -0.781. The van der Waals surface area contributed by atoms with E-state index < -0.39 is 5.97 Å². The molecule has 0 amide bonds. The molecule has 4 heteroatoms. The van der Waals surface area contributed by atoms with E-state index in [9.17, 15) is 9.59 Å². The van der Waals surface area contributed by atoms with Crippen molar-refractivity contribution < 1.29 is 9.90 Å². The first-order valence-corrected chi connectivity index (χ1v) is 4.99. The first kappa shape index (κ1) is 9.96. The summed E-state index contributed by atoms with van der Waals surface area (Å²) in [6.45, 7) is 0.527. The summed E-state index contributed by atoms with van der Waals surface area (Å²) in [6, 6.07) is 4.98. The van der Waals surface area contributed by atoms with Gasteiger partial charge in [0.1, 0.15) is 0 Å². The summed E-state index contributed by atoms with van der Waals surface area (Å²) in [5, 5.41) is 8.75. The van der Waals surface area contributed by atoms with Crippen molar-refractivity contribution in [1.29, 1.82) is 0 Å². The lowest BCUT2D eigenvalue weighted by Gasteiger charge is -2.13. The Kier molecular flexibility index (Phi) is 2.34. The third-order valence-corrected chi connectivity index (χ3v) is 2.89. The minimum Gasteiger partial charge on any atom is -0.481 e. The van der Waals surface area contributed by atoms with E-state index in [1.807, 2.05) is 0 Å². The van der Waals surface area contributed by atoms with Crippen molar-refractivity contribution in [3.8, 4) is 0 Å². The standard InChI is InChI=1S/C11H13NO3/c13-9-3-1-2-6-12(9)8-11(4-5-11)7-10(14)15/h1-3,6H,4-5,7-8H2,(H,14,15). The molecule has 0 unspecified atom stereocenters. The van der Waals surface area contributed by atoms with E-state index >= 15 is 0 Å². The van der Waals surface area contributed by atoms with Crippen molar-refractivity contribution in [2.75, 3.05) is 0 Å². The maximum absolute atomic E-state index is 11.4. The van der Waals surface area contributed by atoms with Gasteiger partial charge in [-0.3, -0.25) is 9.59 Å². The van der Waals surface area contributed by atoms with Crippen molar-refractivity contribution in [3.63, 3.8) is 0 Å². The van der Waals surface area contributed by atoms with Crippen molar-refractivity contribution in [1.82, 2.24) is 4.57 Å². The molecule has 0 aliphatic heterocycles. The van der Waals surface area contributed by atoms with Crippen LogP contribution in [0.15, 0.2) is 29.2 Å². The van der Waals surface area contributed by atoms with E-state index in [4.69, 9.17) is 5.11 Å². The Balaban J connectivity index is 2.12. The number of hydrogen-bond donors (Lipinski definition) is 1. The lowest BCUT2D eigenvalue weighted by Crippen LogP contribution is -2.24. The highest BCUT2D eigenvalue weighted by atomic mass is 16.4. The molecule has 1 heterocycles. The maximum Gasteiger partial charge on any atom is 0.303 e. The molecule has 0 spiro atoms. The van der Waals surface area contributed by atoms with Crippen LogP contribution in [0.1, 0.15) is 19.3 Å². The third-order valence-electron chi connectivity index (χ3n) is 2.89.